The van der Waals surface area contributed by atoms with E-state index >= 15 is 0 Å². The van der Waals surface area contributed by atoms with Gasteiger partial charge in [-0.3, -0.25) is 4.79 Å². The molecule has 0 bridgehead atoms. The van der Waals surface area contributed by atoms with Crippen LogP contribution in [0, 0.1) is 0 Å². The minimum Gasteiger partial charge on any atom is -0.481 e. The third kappa shape index (κ3) is 2.82. The highest BCUT2D eigenvalue weighted by Crippen LogP contribution is 2.11. The van der Waals surface area contributed by atoms with Crippen molar-refractivity contribution in [3.8, 4) is 5.88 Å². The highest BCUT2D eigenvalue weighted by atomic mass is 16.5. The Morgan fingerprint density at radius 3 is 3.12 bits per heavy atom. The van der Waals surface area contributed by atoms with Crippen molar-refractivity contribution < 1.29 is 4.74 Å². The minimum absolute atomic E-state index is 0.155. The molecule has 0 radical (unpaired) electrons. The van der Waals surface area contributed by atoms with Crippen LogP contribution in [0.25, 0.3) is 0 Å². The first-order chi connectivity index (χ1) is 7.78. The van der Waals surface area contributed by atoms with E-state index in [1.807, 2.05) is 0 Å². The fourth-order valence-corrected chi connectivity index (χ4v) is 2.02. The quantitative estimate of drug-likeness (QED) is 0.781. The molecule has 5 heteroatoms. The molecule has 0 aromatic carbocycles. The number of piperidine rings is 1. The number of aromatic amines is 1. The summed E-state index contributed by atoms with van der Waals surface area (Å²) in [7, 11) is 1.52. The number of hydrogen-bond donors (Lipinski definition) is 2. The molecular formula is C11H17N3O2. The second-order valence-electron chi connectivity index (χ2n) is 4.09. The zero-order chi connectivity index (χ0) is 11.4. The van der Waals surface area contributed by atoms with Crippen LogP contribution < -0.4 is 15.6 Å². The van der Waals surface area contributed by atoms with E-state index in [1.54, 1.807) is 0 Å². The average molecular weight is 223 g/mol. The Morgan fingerprint density at radius 1 is 1.56 bits per heavy atom. The molecule has 16 heavy (non-hydrogen) atoms. The smallest absolute Gasteiger partial charge is 0.254 e. The van der Waals surface area contributed by atoms with Crippen LogP contribution in [0.3, 0.4) is 0 Å². The molecule has 0 spiro atoms. The van der Waals surface area contributed by atoms with Gasteiger partial charge < -0.3 is 15.0 Å². The molecule has 2 rings (SSSR count). The van der Waals surface area contributed by atoms with Gasteiger partial charge in [0.2, 0.25) is 5.88 Å². The van der Waals surface area contributed by atoms with Crippen LogP contribution in [0.4, 0.5) is 0 Å². The summed E-state index contributed by atoms with van der Waals surface area (Å²) in [5.74, 6) is 1.08. The topological polar surface area (TPSA) is 67.0 Å². The Labute approximate surface area is 94.2 Å². The van der Waals surface area contributed by atoms with Crippen molar-refractivity contribution in [3.05, 3.63) is 22.2 Å². The molecule has 1 aliphatic heterocycles. The SMILES string of the molecule is COc1cc(=O)[nH]c(CC2CCCCN2)n1. The lowest BCUT2D eigenvalue weighted by Gasteiger charge is -2.22. The van der Waals surface area contributed by atoms with Crippen LogP contribution in [0.5, 0.6) is 5.88 Å². The monoisotopic (exact) mass is 223 g/mol. The normalized spacial score (nSPS) is 20.7. The molecule has 1 aromatic rings. The fraction of sp³-hybridized carbons (Fsp3) is 0.636. The van der Waals surface area contributed by atoms with Crippen molar-refractivity contribution in [2.75, 3.05) is 13.7 Å². The molecule has 2 N–H and O–H groups in total. The highest BCUT2D eigenvalue weighted by Gasteiger charge is 2.14. The second kappa shape index (κ2) is 5.12. The molecule has 0 aliphatic carbocycles. The maximum atomic E-state index is 11.3. The molecule has 5 nitrogen and oxygen atoms in total. The summed E-state index contributed by atoms with van der Waals surface area (Å²) < 4.78 is 4.97. The number of H-pyrrole nitrogens is 1. The standard InChI is InChI=1S/C11H17N3O2/c1-16-11-7-10(15)13-9(14-11)6-8-4-2-3-5-12-8/h7-8,12H,2-6H2,1H3,(H,13,14,15). The maximum Gasteiger partial charge on any atom is 0.254 e. The summed E-state index contributed by atoms with van der Waals surface area (Å²) in [6.45, 7) is 1.05. The Hall–Kier alpha value is -1.36. The molecule has 0 amide bonds. The van der Waals surface area contributed by atoms with E-state index in [9.17, 15) is 4.79 Å². The molecule has 1 saturated heterocycles. The molecule has 1 aromatic heterocycles. The largest absolute Gasteiger partial charge is 0.481 e. The van der Waals surface area contributed by atoms with Gasteiger partial charge in [0.1, 0.15) is 5.82 Å². The highest BCUT2D eigenvalue weighted by molar-refractivity contribution is 5.09. The summed E-state index contributed by atoms with van der Waals surface area (Å²) in [5.41, 5.74) is -0.155. The Kier molecular flexibility index (Phi) is 3.56. The summed E-state index contributed by atoms with van der Waals surface area (Å²) in [4.78, 5) is 18.3. The predicted molar refractivity (Wildman–Crippen MR) is 60.8 cm³/mol. The van der Waals surface area contributed by atoms with Crippen molar-refractivity contribution in [3.63, 3.8) is 0 Å². The molecule has 2 heterocycles. The summed E-state index contributed by atoms with van der Waals surface area (Å²) in [5, 5.41) is 3.42. The summed E-state index contributed by atoms with van der Waals surface area (Å²) >= 11 is 0. The number of hydrogen-bond acceptors (Lipinski definition) is 4. The molecule has 88 valence electrons. The molecule has 1 fully saturated rings. The predicted octanol–water partition coefficient (Wildman–Crippen LogP) is 0.463. The van der Waals surface area contributed by atoms with Crippen molar-refractivity contribution in [1.82, 2.24) is 15.3 Å². The number of nitrogens with zero attached hydrogens (tertiary/aromatic N) is 1. The zero-order valence-electron chi connectivity index (χ0n) is 9.45. The second-order valence-corrected chi connectivity index (χ2v) is 4.09. The molecule has 1 atom stereocenters. The van der Waals surface area contributed by atoms with E-state index in [-0.39, 0.29) is 5.56 Å². The van der Waals surface area contributed by atoms with E-state index in [0.29, 0.717) is 17.7 Å². The van der Waals surface area contributed by atoms with E-state index in [1.165, 1.54) is 26.0 Å². The number of ether oxygens (including phenoxy) is 1. The lowest BCUT2D eigenvalue weighted by molar-refractivity contribution is 0.379. The van der Waals surface area contributed by atoms with Crippen molar-refractivity contribution in [2.24, 2.45) is 0 Å². The van der Waals surface area contributed by atoms with Gasteiger partial charge in [0.15, 0.2) is 0 Å². The van der Waals surface area contributed by atoms with Gasteiger partial charge in [0.25, 0.3) is 5.56 Å². The van der Waals surface area contributed by atoms with Crippen LogP contribution in [0.2, 0.25) is 0 Å². The molecule has 1 unspecified atom stereocenters. The van der Waals surface area contributed by atoms with Gasteiger partial charge in [-0.1, -0.05) is 6.42 Å². The van der Waals surface area contributed by atoms with Crippen LogP contribution in [-0.2, 0) is 6.42 Å². The van der Waals surface area contributed by atoms with Gasteiger partial charge in [-0.25, -0.2) is 4.98 Å². The van der Waals surface area contributed by atoms with Crippen LogP contribution in [0.1, 0.15) is 25.1 Å². The number of methoxy groups -OCH3 is 1. The Bertz CT molecular complexity index is 396. The van der Waals surface area contributed by atoms with Gasteiger partial charge in [-0.15, -0.1) is 0 Å². The Balaban J connectivity index is 2.07. The first-order valence-electron chi connectivity index (χ1n) is 5.65. The van der Waals surface area contributed by atoms with Crippen LogP contribution in [-0.4, -0.2) is 29.7 Å². The van der Waals surface area contributed by atoms with Crippen LogP contribution >= 0.6 is 0 Å². The lowest BCUT2D eigenvalue weighted by Crippen LogP contribution is -2.36. The van der Waals surface area contributed by atoms with Crippen molar-refractivity contribution in [2.45, 2.75) is 31.7 Å². The zero-order valence-corrected chi connectivity index (χ0v) is 9.45. The van der Waals surface area contributed by atoms with Gasteiger partial charge in [-0.2, -0.15) is 0 Å². The van der Waals surface area contributed by atoms with E-state index < -0.39 is 0 Å². The van der Waals surface area contributed by atoms with Crippen molar-refractivity contribution >= 4 is 0 Å². The molecule has 0 saturated carbocycles. The average Bonchev–Trinajstić information content (AvgIpc) is 2.29. The molecular weight excluding hydrogens is 206 g/mol. The third-order valence-corrected chi connectivity index (χ3v) is 2.83. The van der Waals surface area contributed by atoms with E-state index in [2.05, 4.69) is 15.3 Å². The first kappa shape index (κ1) is 11.1. The van der Waals surface area contributed by atoms with E-state index in [4.69, 9.17) is 4.74 Å². The van der Waals surface area contributed by atoms with Crippen LogP contribution in [0.15, 0.2) is 10.9 Å². The first-order valence-corrected chi connectivity index (χ1v) is 5.65. The molecule has 1 aliphatic rings. The number of nitrogens with one attached hydrogen (secondary N) is 2. The van der Waals surface area contributed by atoms with Gasteiger partial charge in [0.05, 0.1) is 13.2 Å². The Morgan fingerprint density at radius 2 is 2.44 bits per heavy atom. The summed E-state index contributed by atoms with van der Waals surface area (Å²) in [6.07, 6.45) is 4.37. The van der Waals surface area contributed by atoms with E-state index in [0.717, 1.165) is 19.4 Å². The summed E-state index contributed by atoms with van der Waals surface area (Å²) in [6, 6.07) is 1.78. The van der Waals surface area contributed by atoms with Gasteiger partial charge in [-0.05, 0) is 19.4 Å². The van der Waals surface area contributed by atoms with Gasteiger partial charge in [0, 0.05) is 12.5 Å². The number of rotatable bonds is 3. The van der Waals surface area contributed by atoms with Crippen molar-refractivity contribution in [1.29, 1.82) is 0 Å². The lowest BCUT2D eigenvalue weighted by atomic mass is 10.0. The number of aromatic nitrogens is 2. The fourth-order valence-electron chi connectivity index (χ4n) is 2.02. The third-order valence-electron chi connectivity index (χ3n) is 2.83. The van der Waals surface area contributed by atoms with Gasteiger partial charge >= 0.3 is 0 Å². The maximum absolute atomic E-state index is 11.3. The minimum atomic E-state index is -0.155.